The van der Waals surface area contributed by atoms with Crippen LogP contribution in [0, 0.1) is 0 Å². The maximum absolute atomic E-state index is 12.1. The van der Waals surface area contributed by atoms with Gasteiger partial charge in [-0.3, -0.25) is 0 Å². The fourth-order valence-electron chi connectivity index (χ4n) is 2.36. The van der Waals surface area contributed by atoms with Gasteiger partial charge < -0.3 is 20.1 Å². The summed E-state index contributed by atoms with van der Waals surface area (Å²) in [5.41, 5.74) is -0.486. The molecule has 0 aliphatic carbocycles. The topological polar surface area (TPSA) is 61.8 Å². The van der Waals surface area contributed by atoms with Crippen LogP contribution in [0.2, 0.25) is 0 Å². The molecule has 1 fully saturated rings. The van der Waals surface area contributed by atoms with Crippen molar-refractivity contribution in [3.05, 3.63) is 0 Å². The Bertz CT molecular complexity index is 286. The fourth-order valence-corrected chi connectivity index (χ4v) is 2.36. The number of amides is 1. The van der Waals surface area contributed by atoms with E-state index in [1.807, 2.05) is 27.7 Å². The maximum atomic E-state index is 12.1. The lowest BCUT2D eigenvalue weighted by Gasteiger charge is -2.43. The molecule has 1 aliphatic rings. The number of aliphatic hydroxyl groups is 1. The zero-order chi connectivity index (χ0) is 13.9. The Hall–Kier alpha value is -0.810. The van der Waals surface area contributed by atoms with Gasteiger partial charge in [0.25, 0.3) is 0 Å². The summed E-state index contributed by atoms with van der Waals surface area (Å²) in [5, 5.41) is 13.0. The van der Waals surface area contributed by atoms with Gasteiger partial charge in [0.2, 0.25) is 0 Å². The number of hydrogen-bond donors (Lipinski definition) is 2. The van der Waals surface area contributed by atoms with Crippen molar-refractivity contribution in [3.8, 4) is 0 Å². The lowest BCUT2D eigenvalue weighted by molar-refractivity contribution is -0.00743. The van der Waals surface area contributed by atoms with E-state index in [0.717, 1.165) is 6.42 Å². The van der Waals surface area contributed by atoms with Crippen LogP contribution in [-0.4, -0.2) is 53.0 Å². The number of aliphatic hydroxyl groups excluding tert-OH is 1. The Labute approximate surface area is 109 Å². The number of nitrogens with one attached hydrogen (secondary N) is 1. The number of nitrogens with zero attached hydrogens (tertiary/aromatic N) is 1. The molecule has 0 aromatic rings. The van der Waals surface area contributed by atoms with Gasteiger partial charge in [0, 0.05) is 13.1 Å². The molecule has 106 valence electrons. The smallest absolute Gasteiger partial charge is 0.410 e. The van der Waals surface area contributed by atoms with Crippen LogP contribution >= 0.6 is 0 Å². The highest BCUT2D eigenvalue weighted by molar-refractivity contribution is 5.69. The third-order valence-corrected chi connectivity index (χ3v) is 3.11. The molecule has 1 aliphatic heterocycles. The Morgan fingerprint density at radius 3 is 2.61 bits per heavy atom. The van der Waals surface area contributed by atoms with E-state index in [9.17, 15) is 9.90 Å². The van der Waals surface area contributed by atoms with E-state index in [1.165, 1.54) is 0 Å². The summed E-state index contributed by atoms with van der Waals surface area (Å²) in [7, 11) is 0. The molecule has 18 heavy (non-hydrogen) atoms. The molecule has 0 saturated carbocycles. The number of carbonyl (C=O) groups excluding carboxylic acids is 1. The second kappa shape index (κ2) is 5.89. The summed E-state index contributed by atoms with van der Waals surface area (Å²) in [6, 6.07) is -0.107. The Morgan fingerprint density at radius 1 is 1.56 bits per heavy atom. The summed E-state index contributed by atoms with van der Waals surface area (Å²) in [5.74, 6) is 0. The van der Waals surface area contributed by atoms with Crippen molar-refractivity contribution in [2.75, 3.05) is 13.1 Å². The Balaban J connectivity index is 2.76. The van der Waals surface area contributed by atoms with Gasteiger partial charge in [-0.15, -0.1) is 0 Å². The van der Waals surface area contributed by atoms with Crippen LogP contribution in [0.3, 0.4) is 0 Å². The highest BCUT2D eigenvalue weighted by Crippen LogP contribution is 2.19. The first-order valence-electron chi connectivity index (χ1n) is 6.67. The molecule has 2 N–H and O–H groups in total. The van der Waals surface area contributed by atoms with Gasteiger partial charge in [0.05, 0.1) is 18.2 Å². The molecule has 5 heteroatoms. The molecule has 0 spiro atoms. The second-order valence-corrected chi connectivity index (χ2v) is 5.87. The average molecular weight is 258 g/mol. The van der Waals surface area contributed by atoms with Gasteiger partial charge in [0.15, 0.2) is 0 Å². The second-order valence-electron chi connectivity index (χ2n) is 5.87. The molecule has 1 unspecified atom stereocenters. The van der Waals surface area contributed by atoms with Crippen LogP contribution in [0.25, 0.3) is 0 Å². The fraction of sp³-hybridized carbons (Fsp3) is 0.923. The molecule has 1 heterocycles. The van der Waals surface area contributed by atoms with E-state index in [1.54, 1.807) is 11.8 Å². The number of hydrogen-bond acceptors (Lipinski definition) is 4. The van der Waals surface area contributed by atoms with Crippen LogP contribution in [-0.2, 0) is 4.74 Å². The number of carbonyl (C=O) groups is 1. The van der Waals surface area contributed by atoms with Gasteiger partial charge in [-0.1, -0.05) is 6.92 Å². The summed E-state index contributed by atoms with van der Waals surface area (Å²) < 4.78 is 5.41. The molecular weight excluding hydrogens is 232 g/mol. The Kier molecular flexibility index (Phi) is 4.99. The van der Waals surface area contributed by atoms with Gasteiger partial charge in [-0.2, -0.15) is 0 Å². The van der Waals surface area contributed by atoms with Crippen LogP contribution in [0.4, 0.5) is 4.79 Å². The van der Waals surface area contributed by atoms with Crippen molar-refractivity contribution in [2.45, 2.75) is 64.8 Å². The third kappa shape index (κ3) is 3.85. The molecule has 1 amide bonds. The van der Waals surface area contributed by atoms with Crippen molar-refractivity contribution in [2.24, 2.45) is 0 Å². The molecule has 1 rings (SSSR count). The van der Waals surface area contributed by atoms with E-state index in [2.05, 4.69) is 5.32 Å². The van der Waals surface area contributed by atoms with E-state index in [0.29, 0.717) is 13.1 Å². The van der Waals surface area contributed by atoms with E-state index in [4.69, 9.17) is 4.74 Å². The molecule has 0 radical (unpaired) electrons. The molecule has 3 atom stereocenters. The minimum atomic E-state index is -0.486. The predicted octanol–water partition coefficient (Wildman–Crippen LogP) is 1.35. The first kappa shape index (κ1) is 15.2. The molecule has 0 bridgehead atoms. The first-order valence-corrected chi connectivity index (χ1v) is 6.67. The van der Waals surface area contributed by atoms with E-state index in [-0.39, 0.29) is 18.2 Å². The van der Waals surface area contributed by atoms with E-state index < -0.39 is 11.7 Å². The van der Waals surface area contributed by atoms with Crippen LogP contribution in [0.15, 0.2) is 0 Å². The van der Waals surface area contributed by atoms with Crippen LogP contribution in [0.5, 0.6) is 0 Å². The molecule has 5 nitrogen and oxygen atoms in total. The molecule has 0 aromatic heterocycles. The summed E-state index contributed by atoms with van der Waals surface area (Å²) in [6.45, 7) is 10.7. The maximum Gasteiger partial charge on any atom is 0.410 e. The summed E-state index contributed by atoms with van der Waals surface area (Å²) >= 11 is 0. The number of piperazine rings is 1. The highest BCUT2D eigenvalue weighted by atomic mass is 16.6. The third-order valence-electron chi connectivity index (χ3n) is 3.11. The van der Waals surface area contributed by atoms with Crippen molar-refractivity contribution >= 4 is 6.09 Å². The SMILES string of the molecule is CC[C@H]1C([C@H](C)O)NCCN1C(=O)OC(C)(C)C. The van der Waals surface area contributed by atoms with E-state index >= 15 is 0 Å². The predicted molar refractivity (Wildman–Crippen MR) is 70.5 cm³/mol. The molecule has 1 saturated heterocycles. The average Bonchev–Trinajstić information content (AvgIpc) is 2.25. The standard InChI is InChI=1S/C13H26N2O3/c1-6-10-11(9(2)16)14-7-8-15(10)12(17)18-13(3,4)5/h9-11,14,16H,6-8H2,1-5H3/t9-,10-,11?/m0/s1. The van der Waals surface area contributed by atoms with Gasteiger partial charge in [-0.25, -0.2) is 4.79 Å². The summed E-state index contributed by atoms with van der Waals surface area (Å²) in [6.07, 6.45) is 0.0172. The lowest BCUT2D eigenvalue weighted by atomic mass is 9.97. The molecular formula is C13H26N2O3. The first-order chi connectivity index (χ1) is 8.26. The minimum absolute atomic E-state index is 0.0198. The highest BCUT2D eigenvalue weighted by Gasteiger charge is 2.37. The van der Waals surface area contributed by atoms with Gasteiger partial charge in [-0.05, 0) is 34.1 Å². The van der Waals surface area contributed by atoms with Gasteiger partial charge >= 0.3 is 6.09 Å². The van der Waals surface area contributed by atoms with Crippen molar-refractivity contribution < 1.29 is 14.6 Å². The lowest BCUT2D eigenvalue weighted by Crippen LogP contribution is -2.63. The van der Waals surface area contributed by atoms with Crippen LogP contribution in [0.1, 0.15) is 41.0 Å². The zero-order valence-electron chi connectivity index (χ0n) is 12.1. The quantitative estimate of drug-likeness (QED) is 0.785. The monoisotopic (exact) mass is 258 g/mol. The molecule has 0 aromatic carbocycles. The van der Waals surface area contributed by atoms with Crippen LogP contribution < -0.4 is 5.32 Å². The van der Waals surface area contributed by atoms with Crippen molar-refractivity contribution in [1.29, 1.82) is 0 Å². The number of rotatable bonds is 2. The minimum Gasteiger partial charge on any atom is -0.444 e. The summed E-state index contributed by atoms with van der Waals surface area (Å²) in [4.78, 5) is 13.9. The Morgan fingerprint density at radius 2 is 2.17 bits per heavy atom. The number of ether oxygens (including phenoxy) is 1. The van der Waals surface area contributed by atoms with Gasteiger partial charge in [0.1, 0.15) is 5.60 Å². The largest absolute Gasteiger partial charge is 0.444 e. The normalized spacial score (nSPS) is 26.9. The zero-order valence-corrected chi connectivity index (χ0v) is 12.1. The van der Waals surface area contributed by atoms with Crippen molar-refractivity contribution in [3.63, 3.8) is 0 Å². The van der Waals surface area contributed by atoms with Crippen molar-refractivity contribution in [1.82, 2.24) is 10.2 Å².